The minimum absolute atomic E-state index is 0.247. The summed E-state index contributed by atoms with van der Waals surface area (Å²) < 4.78 is 5.11. The molecule has 1 N–H and O–H groups in total. The number of carbonyl (C=O) groups excluding carboxylic acids is 2. The fourth-order valence-electron chi connectivity index (χ4n) is 2.12. The lowest BCUT2D eigenvalue weighted by Crippen LogP contribution is -2.24. The maximum atomic E-state index is 11.6. The first-order valence-corrected chi connectivity index (χ1v) is 7.35. The highest BCUT2D eigenvalue weighted by atomic mass is 16.5. The first-order chi connectivity index (χ1) is 11.2. The first-order valence-electron chi connectivity index (χ1n) is 7.35. The van der Waals surface area contributed by atoms with Crippen molar-refractivity contribution < 1.29 is 14.3 Å². The Morgan fingerprint density at radius 3 is 2.61 bits per heavy atom. The van der Waals surface area contributed by atoms with E-state index in [1.165, 1.54) is 0 Å². The van der Waals surface area contributed by atoms with Crippen molar-refractivity contribution in [2.45, 2.75) is 13.5 Å². The molecule has 2 aromatic carbocycles. The summed E-state index contributed by atoms with van der Waals surface area (Å²) in [5.74, 6) is 0. The van der Waals surface area contributed by atoms with Crippen LogP contribution < -0.4 is 5.32 Å². The Labute approximate surface area is 135 Å². The summed E-state index contributed by atoms with van der Waals surface area (Å²) in [6, 6.07) is 15.1. The largest absolute Gasteiger partial charge is 0.445 e. The van der Waals surface area contributed by atoms with Crippen molar-refractivity contribution >= 4 is 18.5 Å². The van der Waals surface area contributed by atoms with E-state index in [1.807, 2.05) is 61.5 Å². The number of benzene rings is 2. The van der Waals surface area contributed by atoms with E-state index in [-0.39, 0.29) is 6.61 Å². The van der Waals surface area contributed by atoms with E-state index in [9.17, 15) is 9.59 Å². The van der Waals surface area contributed by atoms with Gasteiger partial charge in [0.05, 0.1) is 0 Å². The molecule has 0 aliphatic heterocycles. The molecule has 0 heterocycles. The Hall–Kier alpha value is -2.88. The zero-order valence-electron chi connectivity index (χ0n) is 13.0. The third-order valence-electron chi connectivity index (χ3n) is 3.15. The van der Waals surface area contributed by atoms with Crippen molar-refractivity contribution in [3.63, 3.8) is 0 Å². The molecule has 0 spiro atoms. The van der Waals surface area contributed by atoms with Crippen LogP contribution in [0.25, 0.3) is 6.08 Å². The van der Waals surface area contributed by atoms with Crippen molar-refractivity contribution in [1.29, 1.82) is 0 Å². The lowest BCUT2D eigenvalue weighted by molar-refractivity contribution is 0.112. The summed E-state index contributed by atoms with van der Waals surface area (Å²) >= 11 is 0. The van der Waals surface area contributed by atoms with E-state index in [2.05, 4.69) is 5.32 Å². The number of hydrogen-bond donors (Lipinski definition) is 1. The molecule has 0 saturated heterocycles. The van der Waals surface area contributed by atoms with Crippen molar-refractivity contribution in [2.24, 2.45) is 0 Å². The molecule has 2 rings (SSSR count). The predicted octanol–water partition coefficient (Wildman–Crippen LogP) is 3.75. The SMILES string of the molecule is Cc1cc(C=O)cc(C=CCNC(=O)OCc2ccccc2)c1. The summed E-state index contributed by atoms with van der Waals surface area (Å²) in [4.78, 5) is 22.4. The van der Waals surface area contributed by atoms with Crippen LogP contribution in [0.2, 0.25) is 0 Å². The summed E-state index contributed by atoms with van der Waals surface area (Å²) in [5.41, 5.74) is 3.52. The van der Waals surface area contributed by atoms with Gasteiger partial charge in [0.15, 0.2) is 0 Å². The van der Waals surface area contributed by atoms with Gasteiger partial charge in [-0.1, -0.05) is 48.6 Å². The molecule has 0 aromatic heterocycles. The number of aldehydes is 1. The lowest BCUT2D eigenvalue weighted by atomic mass is 10.1. The number of nitrogens with one attached hydrogen (secondary N) is 1. The van der Waals surface area contributed by atoms with E-state index in [0.29, 0.717) is 12.1 Å². The van der Waals surface area contributed by atoms with E-state index < -0.39 is 6.09 Å². The van der Waals surface area contributed by atoms with Crippen molar-refractivity contribution in [3.05, 3.63) is 76.9 Å². The van der Waals surface area contributed by atoms with E-state index in [1.54, 1.807) is 6.07 Å². The number of alkyl carbamates (subject to hydrolysis) is 1. The number of rotatable bonds is 6. The molecule has 0 unspecified atom stereocenters. The van der Waals surface area contributed by atoms with Gasteiger partial charge >= 0.3 is 6.09 Å². The quantitative estimate of drug-likeness (QED) is 0.827. The topological polar surface area (TPSA) is 55.4 Å². The predicted molar refractivity (Wildman–Crippen MR) is 90.2 cm³/mol. The van der Waals surface area contributed by atoms with Crippen LogP contribution in [0, 0.1) is 6.92 Å². The van der Waals surface area contributed by atoms with E-state index in [4.69, 9.17) is 4.74 Å². The van der Waals surface area contributed by atoms with Gasteiger partial charge in [-0.3, -0.25) is 4.79 Å². The highest BCUT2D eigenvalue weighted by Crippen LogP contribution is 2.09. The smallest absolute Gasteiger partial charge is 0.407 e. The molecule has 23 heavy (non-hydrogen) atoms. The third kappa shape index (κ3) is 5.79. The Balaban J connectivity index is 1.76. The molecule has 118 valence electrons. The summed E-state index contributed by atoms with van der Waals surface area (Å²) in [7, 11) is 0. The highest BCUT2D eigenvalue weighted by molar-refractivity contribution is 5.77. The average molecular weight is 309 g/mol. The average Bonchev–Trinajstić information content (AvgIpc) is 2.57. The normalized spacial score (nSPS) is 10.5. The zero-order chi connectivity index (χ0) is 16.5. The second-order valence-corrected chi connectivity index (χ2v) is 5.14. The van der Waals surface area contributed by atoms with Gasteiger partial charge in [-0.2, -0.15) is 0 Å². The van der Waals surface area contributed by atoms with Crippen LogP contribution in [0.15, 0.2) is 54.6 Å². The van der Waals surface area contributed by atoms with E-state index >= 15 is 0 Å². The van der Waals surface area contributed by atoms with Gasteiger partial charge in [-0.25, -0.2) is 4.79 Å². The minimum atomic E-state index is -0.462. The zero-order valence-corrected chi connectivity index (χ0v) is 13.0. The van der Waals surface area contributed by atoms with Crippen molar-refractivity contribution in [1.82, 2.24) is 5.32 Å². The Kier molecular flexibility index (Phi) is 6.12. The van der Waals surface area contributed by atoms with Gasteiger partial charge in [0, 0.05) is 12.1 Å². The molecule has 0 saturated carbocycles. The maximum Gasteiger partial charge on any atom is 0.407 e. The number of hydrogen-bond acceptors (Lipinski definition) is 3. The molecule has 0 atom stereocenters. The van der Waals surface area contributed by atoms with Crippen LogP contribution in [0.4, 0.5) is 4.79 Å². The molecule has 0 aliphatic rings. The molecular formula is C19H19NO3. The molecule has 0 radical (unpaired) electrons. The Morgan fingerprint density at radius 1 is 1.13 bits per heavy atom. The lowest BCUT2D eigenvalue weighted by Gasteiger charge is -2.05. The van der Waals surface area contributed by atoms with Gasteiger partial charge < -0.3 is 10.1 Å². The Morgan fingerprint density at radius 2 is 1.87 bits per heavy atom. The minimum Gasteiger partial charge on any atom is -0.445 e. The molecule has 4 heteroatoms. The Bertz CT molecular complexity index is 693. The molecule has 0 fully saturated rings. The standard InChI is InChI=1S/C19H19NO3/c1-15-10-17(12-18(11-15)13-21)8-5-9-20-19(22)23-14-16-6-3-2-4-7-16/h2-8,10-13H,9,14H2,1H3,(H,20,22). The molecule has 1 amide bonds. The third-order valence-corrected chi connectivity index (χ3v) is 3.15. The second kappa shape index (κ2) is 8.54. The summed E-state index contributed by atoms with van der Waals surface area (Å²) in [6.07, 6.45) is 4.03. The fourth-order valence-corrected chi connectivity index (χ4v) is 2.12. The van der Waals surface area contributed by atoms with Gasteiger partial charge in [-0.05, 0) is 35.7 Å². The number of ether oxygens (including phenoxy) is 1. The van der Waals surface area contributed by atoms with Crippen LogP contribution >= 0.6 is 0 Å². The van der Waals surface area contributed by atoms with Gasteiger partial charge in [0.25, 0.3) is 0 Å². The summed E-state index contributed by atoms with van der Waals surface area (Å²) in [5, 5.41) is 2.65. The van der Waals surface area contributed by atoms with Gasteiger partial charge in [0.1, 0.15) is 12.9 Å². The van der Waals surface area contributed by atoms with Gasteiger partial charge in [-0.15, -0.1) is 0 Å². The van der Waals surface area contributed by atoms with Crippen molar-refractivity contribution in [2.75, 3.05) is 6.54 Å². The summed E-state index contributed by atoms with van der Waals surface area (Å²) in [6.45, 7) is 2.54. The van der Waals surface area contributed by atoms with Gasteiger partial charge in [0.2, 0.25) is 0 Å². The molecule has 0 aliphatic carbocycles. The van der Waals surface area contributed by atoms with Crippen LogP contribution in [0.5, 0.6) is 0 Å². The number of aryl methyl sites for hydroxylation is 1. The van der Waals surface area contributed by atoms with E-state index in [0.717, 1.165) is 23.0 Å². The number of carbonyl (C=O) groups is 2. The molecular weight excluding hydrogens is 290 g/mol. The highest BCUT2D eigenvalue weighted by Gasteiger charge is 2.00. The fraction of sp³-hybridized carbons (Fsp3) is 0.158. The maximum absolute atomic E-state index is 11.6. The van der Waals surface area contributed by atoms with Crippen LogP contribution in [0.3, 0.4) is 0 Å². The molecule has 4 nitrogen and oxygen atoms in total. The van der Waals surface area contributed by atoms with Crippen LogP contribution in [-0.4, -0.2) is 18.9 Å². The molecule has 2 aromatic rings. The van der Waals surface area contributed by atoms with Crippen LogP contribution in [-0.2, 0) is 11.3 Å². The number of amides is 1. The monoisotopic (exact) mass is 309 g/mol. The van der Waals surface area contributed by atoms with Crippen LogP contribution in [0.1, 0.15) is 27.0 Å². The van der Waals surface area contributed by atoms with Crippen molar-refractivity contribution in [3.8, 4) is 0 Å². The first kappa shape index (κ1) is 16.5. The molecule has 0 bridgehead atoms. The second-order valence-electron chi connectivity index (χ2n) is 5.14.